The van der Waals surface area contributed by atoms with Gasteiger partial charge in [0, 0.05) is 30.5 Å². The third-order valence-electron chi connectivity index (χ3n) is 5.64. The molecule has 2 fully saturated rings. The maximum absolute atomic E-state index is 4.79. The van der Waals surface area contributed by atoms with Crippen molar-refractivity contribution < 1.29 is 0 Å². The van der Waals surface area contributed by atoms with E-state index in [2.05, 4.69) is 15.4 Å². The van der Waals surface area contributed by atoms with Crippen LogP contribution in [-0.4, -0.2) is 25.8 Å². The molecule has 4 rings (SSSR count). The molecule has 2 saturated carbocycles. The van der Waals surface area contributed by atoms with Crippen LogP contribution < -0.4 is 5.32 Å². The quantitative estimate of drug-likeness (QED) is 0.904. The molecule has 0 aliphatic heterocycles. The van der Waals surface area contributed by atoms with Crippen molar-refractivity contribution in [2.75, 3.05) is 5.32 Å². The van der Waals surface area contributed by atoms with Crippen molar-refractivity contribution in [1.29, 1.82) is 0 Å². The van der Waals surface area contributed by atoms with Gasteiger partial charge in [-0.05, 0) is 31.2 Å². The molecular formula is C19H27N5. The highest BCUT2D eigenvalue weighted by atomic mass is 15.3. The normalized spacial score (nSPS) is 19.2. The number of nitrogens with one attached hydrogen (secondary N) is 1. The van der Waals surface area contributed by atoms with E-state index in [0.29, 0.717) is 6.04 Å². The number of hydrogen-bond donors (Lipinski definition) is 1. The molecule has 0 amide bonds. The zero-order valence-corrected chi connectivity index (χ0v) is 14.5. The average Bonchev–Trinajstić information content (AvgIpc) is 2.93. The SMILES string of the molecule is Cn1ncc(-c2ccnc(NC3CCCCC3)n2)c1CC1CCC1. The Morgan fingerprint density at radius 2 is 1.96 bits per heavy atom. The molecule has 2 heterocycles. The Balaban J connectivity index is 1.54. The third-order valence-corrected chi connectivity index (χ3v) is 5.64. The third kappa shape index (κ3) is 3.30. The summed E-state index contributed by atoms with van der Waals surface area (Å²) >= 11 is 0. The Morgan fingerprint density at radius 3 is 2.71 bits per heavy atom. The highest BCUT2D eigenvalue weighted by Gasteiger charge is 2.22. The van der Waals surface area contributed by atoms with Crippen LogP contribution in [0.3, 0.4) is 0 Å². The van der Waals surface area contributed by atoms with Crippen LogP contribution in [-0.2, 0) is 13.5 Å². The van der Waals surface area contributed by atoms with Crippen LogP contribution in [0, 0.1) is 5.92 Å². The van der Waals surface area contributed by atoms with Gasteiger partial charge in [0.05, 0.1) is 11.9 Å². The minimum atomic E-state index is 0.525. The standard InChI is InChI=1S/C19H27N5/c1-24-18(12-14-6-5-7-14)16(13-21-24)17-10-11-20-19(23-17)22-15-8-3-2-4-9-15/h10-11,13-15H,2-9,12H2,1H3,(H,20,22,23). The molecule has 0 radical (unpaired) electrons. The summed E-state index contributed by atoms with van der Waals surface area (Å²) in [4.78, 5) is 9.22. The molecule has 2 aliphatic rings. The van der Waals surface area contributed by atoms with Crippen molar-refractivity contribution in [3.8, 4) is 11.3 Å². The number of nitrogens with zero attached hydrogens (tertiary/aromatic N) is 4. The Labute approximate surface area is 143 Å². The van der Waals surface area contributed by atoms with Gasteiger partial charge >= 0.3 is 0 Å². The van der Waals surface area contributed by atoms with E-state index < -0.39 is 0 Å². The summed E-state index contributed by atoms with van der Waals surface area (Å²) in [7, 11) is 2.04. The van der Waals surface area contributed by atoms with Crippen LogP contribution in [0.5, 0.6) is 0 Å². The highest BCUT2D eigenvalue weighted by molar-refractivity contribution is 5.62. The topological polar surface area (TPSA) is 55.6 Å². The van der Waals surface area contributed by atoms with E-state index in [1.807, 2.05) is 30.2 Å². The van der Waals surface area contributed by atoms with E-state index in [1.54, 1.807) is 0 Å². The fourth-order valence-corrected chi connectivity index (χ4v) is 3.90. The molecule has 0 unspecified atom stereocenters. The molecule has 24 heavy (non-hydrogen) atoms. The predicted octanol–water partition coefficient (Wildman–Crippen LogP) is 3.96. The lowest BCUT2D eigenvalue weighted by Crippen LogP contribution is -2.23. The van der Waals surface area contributed by atoms with Gasteiger partial charge in [-0.2, -0.15) is 5.10 Å². The van der Waals surface area contributed by atoms with E-state index in [4.69, 9.17) is 4.98 Å². The Bertz CT molecular complexity index is 683. The number of anilines is 1. The lowest BCUT2D eigenvalue weighted by atomic mass is 9.81. The lowest BCUT2D eigenvalue weighted by molar-refractivity contribution is 0.309. The maximum atomic E-state index is 4.79. The average molecular weight is 325 g/mol. The molecule has 2 aliphatic carbocycles. The molecular weight excluding hydrogens is 298 g/mol. The van der Waals surface area contributed by atoms with Crippen LogP contribution in [0.2, 0.25) is 0 Å². The summed E-state index contributed by atoms with van der Waals surface area (Å²) < 4.78 is 2.02. The second-order valence-electron chi connectivity index (χ2n) is 7.37. The molecule has 128 valence electrons. The zero-order valence-electron chi connectivity index (χ0n) is 14.5. The molecule has 0 bridgehead atoms. The van der Waals surface area contributed by atoms with Gasteiger partial charge in [0.1, 0.15) is 0 Å². The number of rotatable bonds is 5. The van der Waals surface area contributed by atoms with Gasteiger partial charge in [-0.25, -0.2) is 9.97 Å². The Kier molecular flexibility index (Phi) is 4.50. The molecule has 0 atom stereocenters. The van der Waals surface area contributed by atoms with E-state index in [9.17, 15) is 0 Å². The van der Waals surface area contributed by atoms with Crippen LogP contribution in [0.1, 0.15) is 57.1 Å². The molecule has 2 aromatic heterocycles. The first-order chi connectivity index (χ1) is 11.8. The van der Waals surface area contributed by atoms with Crippen molar-refractivity contribution in [2.24, 2.45) is 13.0 Å². The van der Waals surface area contributed by atoms with Crippen LogP contribution >= 0.6 is 0 Å². The van der Waals surface area contributed by atoms with Gasteiger partial charge in [-0.3, -0.25) is 4.68 Å². The number of aryl methyl sites for hydroxylation is 1. The predicted molar refractivity (Wildman–Crippen MR) is 95.8 cm³/mol. The van der Waals surface area contributed by atoms with E-state index >= 15 is 0 Å². The molecule has 0 spiro atoms. The maximum Gasteiger partial charge on any atom is 0.223 e. The van der Waals surface area contributed by atoms with Gasteiger partial charge in [-0.15, -0.1) is 0 Å². The second kappa shape index (κ2) is 6.91. The van der Waals surface area contributed by atoms with Gasteiger partial charge in [0.15, 0.2) is 0 Å². The highest BCUT2D eigenvalue weighted by Crippen LogP contribution is 2.33. The van der Waals surface area contributed by atoms with E-state index in [0.717, 1.165) is 24.0 Å². The Morgan fingerprint density at radius 1 is 1.12 bits per heavy atom. The van der Waals surface area contributed by atoms with Crippen molar-refractivity contribution in [3.63, 3.8) is 0 Å². The number of aromatic nitrogens is 4. The van der Waals surface area contributed by atoms with Crippen molar-refractivity contribution in [2.45, 2.75) is 63.8 Å². The van der Waals surface area contributed by atoms with Crippen molar-refractivity contribution >= 4 is 5.95 Å². The first kappa shape index (κ1) is 15.6. The summed E-state index contributed by atoms with van der Waals surface area (Å²) in [5, 5.41) is 8.02. The minimum absolute atomic E-state index is 0.525. The molecule has 0 aromatic carbocycles. The molecule has 5 heteroatoms. The van der Waals surface area contributed by atoms with Gasteiger partial charge < -0.3 is 5.32 Å². The summed E-state index contributed by atoms with van der Waals surface area (Å²) in [5.74, 6) is 1.58. The fourth-order valence-electron chi connectivity index (χ4n) is 3.90. The van der Waals surface area contributed by atoms with Crippen LogP contribution in [0.25, 0.3) is 11.3 Å². The van der Waals surface area contributed by atoms with Crippen molar-refractivity contribution in [3.05, 3.63) is 24.2 Å². The van der Waals surface area contributed by atoms with E-state index in [-0.39, 0.29) is 0 Å². The smallest absolute Gasteiger partial charge is 0.223 e. The van der Waals surface area contributed by atoms with Crippen molar-refractivity contribution in [1.82, 2.24) is 19.7 Å². The lowest BCUT2D eigenvalue weighted by Gasteiger charge is -2.25. The zero-order chi connectivity index (χ0) is 16.4. The first-order valence-corrected chi connectivity index (χ1v) is 9.40. The summed E-state index contributed by atoms with van der Waals surface area (Å²) in [5.41, 5.74) is 3.46. The Hall–Kier alpha value is -1.91. The number of hydrogen-bond acceptors (Lipinski definition) is 4. The van der Waals surface area contributed by atoms with Gasteiger partial charge in [0.2, 0.25) is 5.95 Å². The summed E-state index contributed by atoms with van der Waals surface area (Å²) in [6.07, 6.45) is 15.5. The summed E-state index contributed by atoms with van der Waals surface area (Å²) in [6, 6.07) is 2.53. The van der Waals surface area contributed by atoms with Crippen LogP contribution in [0.4, 0.5) is 5.95 Å². The first-order valence-electron chi connectivity index (χ1n) is 9.40. The molecule has 0 saturated heterocycles. The van der Waals surface area contributed by atoms with Gasteiger partial charge in [-0.1, -0.05) is 38.5 Å². The molecule has 5 nitrogen and oxygen atoms in total. The minimum Gasteiger partial charge on any atom is -0.351 e. The molecule has 2 aromatic rings. The van der Waals surface area contributed by atoms with E-state index in [1.165, 1.54) is 62.6 Å². The van der Waals surface area contributed by atoms with Crippen LogP contribution in [0.15, 0.2) is 18.5 Å². The second-order valence-corrected chi connectivity index (χ2v) is 7.37. The molecule has 1 N–H and O–H groups in total. The monoisotopic (exact) mass is 325 g/mol. The summed E-state index contributed by atoms with van der Waals surface area (Å²) in [6.45, 7) is 0. The fraction of sp³-hybridized carbons (Fsp3) is 0.632. The largest absolute Gasteiger partial charge is 0.351 e. The van der Waals surface area contributed by atoms with Gasteiger partial charge in [0.25, 0.3) is 0 Å².